The van der Waals surface area contributed by atoms with E-state index >= 15 is 0 Å². The monoisotopic (exact) mass is 380 g/mol. The van der Waals surface area contributed by atoms with Crippen LogP contribution in [-0.2, 0) is 4.74 Å². The second kappa shape index (κ2) is 7.40. The van der Waals surface area contributed by atoms with Crippen molar-refractivity contribution >= 4 is 28.5 Å². The molecule has 1 N–H and O–H groups in total. The van der Waals surface area contributed by atoms with Crippen LogP contribution in [0.15, 0.2) is 39.5 Å². The highest BCUT2D eigenvalue weighted by Gasteiger charge is 2.19. The third-order valence-electron chi connectivity index (χ3n) is 4.65. The molecule has 28 heavy (non-hydrogen) atoms. The van der Waals surface area contributed by atoms with Crippen LogP contribution in [0.25, 0.3) is 11.0 Å². The van der Waals surface area contributed by atoms with Gasteiger partial charge in [0, 0.05) is 19.2 Å². The predicted octanol–water partition coefficient (Wildman–Crippen LogP) is 2.29. The van der Waals surface area contributed by atoms with Gasteiger partial charge in [-0.15, -0.1) is 0 Å². The lowest BCUT2D eigenvalue weighted by molar-refractivity contribution is 0.0997. The van der Waals surface area contributed by atoms with Crippen LogP contribution in [0.4, 0.5) is 11.6 Å². The van der Waals surface area contributed by atoms with Crippen LogP contribution in [0.1, 0.15) is 21.9 Å². The first kappa shape index (κ1) is 18.1. The zero-order chi connectivity index (χ0) is 19.7. The maximum Gasteiger partial charge on any atom is 0.291 e. The minimum absolute atomic E-state index is 0.0558. The molecule has 1 fully saturated rings. The summed E-state index contributed by atoms with van der Waals surface area (Å²) in [6.07, 6.45) is 0. The summed E-state index contributed by atoms with van der Waals surface area (Å²) in [7, 11) is 0. The summed E-state index contributed by atoms with van der Waals surface area (Å²) >= 11 is 0. The standard InChI is InChI=1S/C20H20N4O4/c1-12-18(13(2)22-20(21-12)24-7-9-27-10-8-24)23-19(26)17-11-15(25)14-5-3-4-6-16(14)28-17/h3-6,11H,7-10H2,1-2H3,(H,23,26). The van der Waals surface area contributed by atoms with Gasteiger partial charge in [-0.05, 0) is 26.0 Å². The van der Waals surface area contributed by atoms with E-state index in [4.69, 9.17) is 9.15 Å². The van der Waals surface area contributed by atoms with Crippen molar-refractivity contribution in [2.45, 2.75) is 13.8 Å². The molecule has 0 atom stereocenters. The van der Waals surface area contributed by atoms with E-state index in [1.54, 1.807) is 24.3 Å². The van der Waals surface area contributed by atoms with Crippen molar-refractivity contribution in [2.24, 2.45) is 0 Å². The van der Waals surface area contributed by atoms with Crippen molar-refractivity contribution < 1.29 is 13.9 Å². The molecule has 2 aromatic heterocycles. The molecule has 1 aliphatic heterocycles. The van der Waals surface area contributed by atoms with Gasteiger partial charge in [-0.2, -0.15) is 0 Å². The molecule has 0 aliphatic carbocycles. The molecule has 0 spiro atoms. The normalized spacial score (nSPS) is 14.3. The molecule has 4 rings (SSSR count). The van der Waals surface area contributed by atoms with E-state index in [1.807, 2.05) is 13.8 Å². The lowest BCUT2D eigenvalue weighted by atomic mass is 10.2. The number of benzene rings is 1. The van der Waals surface area contributed by atoms with Crippen molar-refractivity contribution in [2.75, 3.05) is 36.5 Å². The summed E-state index contributed by atoms with van der Waals surface area (Å²) < 4.78 is 11.0. The van der Waals surface area contributed by atoms with E-state index in [2.05, 4.69) is 20.2 Å². The molecular formula is C20H20N4O4. The molecule has 0 radical (unpaired) electrons. The number of carbonyl (C=O) groups is 1. The molecule has 1 aromatic carbocycles. The Morgan fingerprint density at radius 2 is 1.79 bits per heavy atom. The Hall–Kier alpha value is -3.26. The van der Waals surface area contributed by atoms with Crippen LogP contribution >= 0.6 is 0 Å². The Morgan fingerprint density at radius 3 is 2.50 bits per heavy atom. The molecule has 144 valence electrons. The van der Waals surface area contributed by atoms with E-state index in [0.29, 0.717) is 47.2 Å². The highest BCUT2D eigenvalue weighted by Crippen LogP contribution is 2.22. The van der Waals surface area contributed by atoms with Gasteiger partial charge in [0.25, 0.3) is 5.91 Å². The van der Waals surface area contributed by atoms with Gasteiger partial charge in [0.15, 0.2) is 11.2 Å². The summed E-state index contributed by atoms with van der Waals surface area (Å²) in [6.45, 7) is 6.36. The Morgan fingerprint density at radius 1 is 1.11 bits per heavy atom. The first-order valence-corrected chi connectivity index (χ1v) is 9.05. The third-order valence-corrected chi connectivity index (χ3v) is 4.65. The first-order valence-electron chi connectivity index (χ1n) is 9.05. The number of aryl methyl sites for hydroxylation is 2. The van der Waals surface area contributed by atoms with Crippen LogP contribution in [0, 0.1) is 13.8 Å². The molecule has 0 saturated carbocycles. The number of amides is 1. The second-order valence-electron chi connectivity index (χ2n) is 6.59. The van der Waals surface area contributed by atoms with Gasteiger partial charge in [-0.1, -0.05) is 12.1 Å². The molecule has 1 aliphatic rings. The first-order chi connectivity index (χ1) is 13.5. The molecule has 8 nitrogen and oxygen atoms in total. The zero-order valence-electron chi connectivity index (χ0n) is 15.7. The molecule has 3 heterocycles. The van der Waals surface area contributed by atoms with E-state index < -0.39 is 5.91 Å². The molecule has 8 heteroatoms. The second-order valence-corrected chi connectivity index (χ2v) is 6.59. The van der Waals surface area contributed by atoms with E-state index in [1.165, 1.54) is 6.07 Å². The van der Waals surface area contributed by atoms with Crippen LogP contribution < -0.4 is 15.6 Å². The number of nitrogens with one attached hydrogen (secondary N) is 1. The molecule has 1 saturated heterocycles. The van der Waals surface area contributed by atoms with Crippen LogP contribution in [0.3, 0.4) is 0 Å². The van der Waals surface area contributed by atoms with Crippen molar-refractivity contribution in [1.82, 2.24) is 9.97 Å². The van der Waals surface area contributed by atoms with Gasteiger partial charge in [-0.3, -0.25) is 9.59 Å². The zero-order valence-corrected chi connectivity index (χ0v) is 15.7. The maximum absolute atomic E-state index is 12.7. The van der Waals surface area contributed by atoms with Gasteiger partial charge in [-0.25, -0.2) is 9.97 Å². The molecule has 1 amide bonds. The predicted molar refractivity (Wildman–Crippen MR) is 105 cm³/mol. The fourth-order valence-corrected chi connectivity index (χ4v) is 3.18. The Kier molecular flexibility index (Phi) is 4.79. The fourth-order valence-electron chi connectivity index (χ4n) is 3.18. The smallest absolute Gasteiger partial charge is 0.291 e. The number of hydrogen-bond acceptors (Lipinski definition) is 7. The number of carbonyl (C=O) groups excluding carboxylic acids is 1. The highest BCUT2D eigenvalue weighted by molar-refractivity contribution is 6.03. The average Bonchev–Trinajstić information content (AvgIpc) is 2.71. The van der Waals surface area contributed by atoms with Gasteiger partial charge < -0.3 is 19.4 Å². The van der Waals surface area contributed by atoms with Gasteiger partial charge >= 0.3 is 0 Å². The minimum Gasteiger partial charge on any atom is -0.451 e. The number of fused-ring (bicyclic) bond motifs is 1. The van der Waals surface area contributed by atoms with Crippen molar-refractivity contribution in [3.8, 4) is 0 Å². The number of aromatic nitrogens is 2. The highest BCUT2D eigenvalue weighted by atomic mass is 16.5. The van der Waals surface area contributed by atoms with Gasteiger partial charge in [0.1, 0.15) is 5.58 Å². The molecule has 0 unspecified atom stereocenters. The van der Waals surface area contributed by atoms with Crippen molar-refractivity contribution in [3.63, 3.8) is 0 Å². The topological polar surface area (TPSA) is 97.6 Å². The average molecular weight is 380 g/mol. The van der Waals surface area contributed by atoms with Gasteiger partial charge in [0.2, 0.25) is 5.95 Å². The van der Waals surface area contributed by atoms with Crippen molar-refractivity contribution in [1.29, 1.82) is 0 Å². The molecular weight excluding hydrogens is 360 g/mol. The van der Waals surface area contributed by atoms with E-state index in [0.717, 1.165) is 13.1 Å². The quantitative estimate of drug-likeness (QED) is 0.744. The fraction of sp³-hybridized carbons (Fsp3) is 0.300. The molecule has 0 bridgehead atoms. The SMILES string of the molecule is Cc1nc(N2CCOCC2)nc(C)c1NC(=O)c1cc(=O)c2ccccc2o1. The number of rotatable bonds is 3. The Labute approximate surface area is 161 Å². The lowest BCUT2D eigenvalue weighted by Crippen LogP contribution is -2.37. The van der Waals surface area contributed by atoms with E-state index in [9.17, 15) is 9.59 Å². The summed E-state index contributed by atoms with van der Waals surface area (Å²) in [5, 5.41) is 3.21. The van der Waals surface area contributed by atoms with Crippen LogP contribution in [-0.4, -0.2) is 42.2 Å². The maximum atomic E-state index is 12.7. The summed E-state index contributed by atoms with van der Waals surface area (Å²) in [6, 6.07) is 8.02. The van der Waals surface area contributed by atoms with E-state index in [-0.39, 0.29) is 11.2 Å². The summed E-state index contributed by atoms with van der Waals surface area (Å²) in [5.74, 6) is 0.0464. The van der Waals surface area contributed by atoms with Crippen LogP contribution in [0.5, 0.6) is 0 Å². The Balaban J connectivity index is 1.62. The third kappa shape index (κ3) is 3.46. The number of anilines is 2. The lowest BCUT2D eigenvalue weighted by Gasteiger charge is -2.27. The number of para-hydroxylation sites is 1. The summed E-state index contributed by atoms with van der Waals surface area (Å²) in [5.41, 5.74) is 1.90. The Bertz CT molecular complexity index is 1080. The summed E-state index contributed by atoms with van der Waals surface area (Å²) in [4.78, 5) is 36.0. The van der Waals surface area contributed by atoms with Gasteiger partial charge in [0.05, 0.1) is 35.7 Å². The van der Waals surface area contributed by atoms with Crippen molar-refractivity contribution in [3.05, 3.63) is 57.7 Å². The largest absolute Gasteiger partial charge is 0.451 e. The number of hydrogen-bond donors (Lipinski definition) is 1. The number of morpholine rings is 1. The number of ether oxygens (including phenoxy) is 1. The minimum atomic E-state index is -0.517. The molecule has 3 aromatic rings. The number of nitrogens with zero attached hydrogens (tertiary/aromatic N) is 3. The van der Waals surface area contributed by atoms with Crippen LogP contribution in [0.2, 0.25) is 0 Å².